The number of aromatic nitrogens is 2. The zero-order valence-electron chi connectivity index (χ0n) is 10.1. The van der Waals surface area contributed by atoms with Crippen LogP contribution >= 0.6 is 22.7 Å². The molecule has 0 radical (unpaired) electrons. The van der Waals surface area contributed by atoms with E-state index in [1.165, 1.54) is 16.2 Å². The normalized spacial score (nSPS) is 10.6. The molecule has 0 amide bonds. The number of aryl methyl sites for hydroxylation is 1. The van der Waals surface area contributed by atoms with Crippen LogP contribution in [-0.4, -0.2) is 28.1 Å². The molecule has 18 heavy (non-hydrogen) atoms. The smallest absolute Gasteiger partial charge is 0.309 e. The first kappa shape index (κ1) is 13.0. The van der Waals surface area contributed by atoms with Crippen LogP contribution < -0.4 is 4.90 Å². The van der Waals surface area contributed by atoms with Gasteiger partial charge in [-0.2, -0.15) is 0 Å². The predicted molar refractivity (Wildman–Crippen MR) is 72.4 cm³/mol. The summed E-state index contributed by atoms with van der Waals surface area (Å²) in [6.07, 6.45) is -0.0239. The Morgan fingerprint density at radius 3 is 2.89 bits per heavy atom. The number of aliphatic carboxylic acids is 1. The van der Waals surface area contributed by atoms with E-state index in [2.05, 4.69) is 9.97 Å². The number of rotatable bonds is 5. The molecule has 0 fully saturated rings. The van der Waals surface area contributed by atoms with Crippen LogP contribution in [0.1, 0.15) is 16.3 Å². The molecule has 0 saturated heterocycles. The molecule has 0 bridgehead atoms. The number of carbonyl (C=O) groups is 1. The van der Waals surface area contributed by atoms with Gasteiger partial charge in [-0.05, 0) is 6.92 Å². The lowest BCUT2D eigenvalue weighted by Crippen LogP contribution is -2.16. The summed E-state index contributed by atoms with van der Waals surface area (Å²) < 4.78 is 0. The second-order valence-corrected chi connectivity index (χ2v) is 5.68. The summed E-state index contributed by atoms with van der Waals surface area (Å²) in [7, 11) is 1.95. The quantitative estimate of drug-likeness (QED) is 0.911. The maximum atomic E-state index is 10.6. The molecule has 0 aliphatic rings. The molecule has 2 aromatic rings. The third-order valence-corrected chi connectivity index (χ3v) is 4.35. The average molecular weight is 283 g/mol. The molecule has 2 rings (SSSR count). The number of hydrogen-bond donors (Lipinski definition) is 1. The summed E-state index contributed by atoms with van der Waals surface area (Å²) in [6.45, 7) is 2.73. The van der Waals surface area contributed by atoms with Gasteiger partial charge < -0.3 is 10.0 Å². The van der Waals surface area contributed by atoms with Crippen LogP contribution in [0.3, 0.4) is 0 Å². The fourth-order valence-corrected chi connectivity index (χ4v) is 3.09. The maximum absolute atomic E-state index is 10.6. The zero-order chi connectivity index (χ0) is 13.1. The Balaban J connectivity index is 2.05. The first-order valence-electron chi connectivity index (χ1n) is 5.32. The molecular formula is C11H13N3O2S2. The van der Waals surface area contributed by atoms with Crippen molar-refractivity contribution in [1.29, 1.82) is 0 Å². The predicted octanol–water partition coefficient (Wildman–Crippen LogP) is 2.17. The van der Waals surface area contributed by atoms with Crippen molar-refractivity contribution in [2.75, 3.05) is 11.9 Å². The molecule has 5 nitrogen and oxygen atoms in total. The van der Waals surface area contributed by atoms with E-state index >= 15 is 0 Å². The van der Waals surface area contributed by atoms with Crippen molar-refractivity contribution in [3.8, 4) is 0 Å². The lowest BCUT2D eigenvalue weighted by Gasteiger charge is -2.14. The van der Waals surface area contributed by atoms with Crippen LogP contribution in [0.4, 0.5) is 5.13 Å². The number of nitrogens with zero attached hydrogens (tertiary/aromatic N) is 3. The Morgan fingerprint density at radius 2 is 2.28 bits per heavy atom. The van der Waals surface area contributed by atoms with Gasteiger partial charge in [0.1, 0.15) is 0 Å². The summed E-state index contributed by atoms with van der Waals surface area (Å²) in [5, 5.41) is 11.3. The van der Waals surface area contributed by atoms with Crippen LogP contribution in [-0.2, 0) is 17.8 Å². The summed E-state index contributed by atoms with van der Waals surface area (Å²) in [5.41, 5.74) is 3.47. The number of anilines is 1. The van der Waals surface area contributed by atoms with Crippen LogP contribution in [0.5, 0.6) is 0 Å². The Kier molecular flexibility index (Phi) is 3.93. The Bertz CT molecular complexity index is 550. The molecule has 0 aliphatic carbocycles. The largest absolute Gasteiger partial charge is 0.481 e. The SMILES string of the molecule is Cc1ncsc1CN(C)c1nc(CC(=O)O)cs1. The zero-order valence-corrected chi connectivity index (χ0v) is 11.7. The van der Waals surface area contributed by atoms with Crippen molar-refractivity contribution in [3.05, 3.63) is 27.2 Å². The first-order chi connectivity index (χ1) is 8.56. The van der Waals surface area contributed by atoms with Gasteiger partial charge in [-0.3, -0.25) is 4.79 Å². The molecule has 0 atom stereocenters. The van der Waals surface area contributed by atoms with Crippen molar-refractivity contribution in [2.45, 2.75) is 19.9 Å². The Labute approximate surface area is 113 Å². The highest BCUT2D eigenvalue weighted by Gasteiger charge is 2.11. The van der Waals surface area contributed by atoms with E-state index in [-0.39, 0.29) is 6.42 Å². The summed E-state index contributed by atoms with van der Waals surface area (Å²) in [6, 6.07) is 0. The summed E-state index contributed by atoms with van der Waals surface area (Å²) >= 11 is 3.08. The third-order valence-electron chi connectivity index (χ3n) is 2.42. The van der Waals surface area contributed by atoms with E-state index in [4.69, 9.17) is 5.11 Å². The van der Waals surface area contributed by atoms with Crippen molar-refractivity contribution >= 4 is 33.8 Å². The lowest BCUT2D eigenvalue weighted by atomic mass is 10.3. The highest BCUT2D eigenvalue weighted by atomic mass is 32.1. The van der Waals surface area contributed by atoms with Crippen molar-refractivity contribution in [2.24, 2.45) is 0 Å². The highest BCUT2D eigenvalue weighted by Crippen LogP contribution is 2.23. The molecule has 1 N–H and O–H groups in total. The van der Waals surface area contributed by atoms with Gasteiger partial charge in [0.2, 0.25) is 0 Å². The van der Waals surface area contributed by atoms with Gasteiger partial charge in [-0.25, -0.2) is 9.97 Å². The highest BCUT2D eigenvalue weighted by molar-refractivity contribution is 7.13. The summed E-state index contributed by atoms with van der Waals surface area (Å²) in [5.74, 6) is -0.854. The molecule has 2 heterocycles. The van der Waals surface area contributed by atoms with E-state index in [1.54, 1.807) is 16.7 Å². The van der Waals surface area contributed by atoms with Gasteiger partial charge >= 0.3 is 5.97 Å². The monoisotopic (exact) mass is 283 g/mol. The second kappa shape index (κ2) is 5.45. The van der Waals surface area contributed by atoms with Gasteiger partial charge in [0.25, 0.3) is 0 Å². The van der Waals surface area contributed by atoms with Crippen molar-refractivity contribution in [3.63, 3.8) is 0 Å². The molecule has 0 unspecified atom stereocenters. The topological polar surface area (TPSA) is 66.3 Å². The molecular weight excluding hydrogens is 270 g/mol. The molecule has 0 spiro atoms. The average Bonchev–Trinajstić information content (AvgIpc) is 2.88. The van der Waals surface area contributed by atoms with Crippen LogP contribution in [0.15, 0.2) is 10.9 Å². The fraction of sp³-hybridized carbons (Fsp3) is 0.364. The minimum Gasteiger partial charge on any atom is -0.481 e. The standard InChI is InChI=1S/C11H13N3O2S2/c1-7-9(18-6-12-7)4-14(2)11-13-8(5-17-11)3-10(15)16/h5-6H,3-4H2,1-2H3,(H,15,16). The van der Waals surface area contributed by atoms with Gasteiger partial charge in [-0.1, -0.05) is 0 Å². The van der Waals surface area contributed by atoms with Crippen LogP contribution in [0.25, 0.3) is 0 Å². The van der Waals surface area contributed by atoms with Crippen LogP contribution in [0, 0.1) is 6.92 Å². The van der Waals surface area contributed by atoms with E-state index in [0.29, 0.717) is 5.69 Å². The minimum absolute atomic E-state index is 0.0239. The number of carboxylic acids is 1. The molecule has 7 heteroatoms. The first-order valence-corrected chi connectivity index (χ1v) is 7.08. The fourth-order valence-electron chi connectivity index (χ4n) is 1.47. The van der Waals surface area contributed by atoms with E-state index < -0.39 is 5.97 Å². The van der Waals surface area contributed by atoms with Gasteiger partial charge in [0.05, 0.1) is 29.9 Å². The van der Waals surface area contributed by atoms with Gasteiger partial charge in [-0.15, -0.1) is 22.7 Å². The Morgan fingerprint density at radius 1 is 1.50 bits per heavy atom. The second-order valence-electron chi connectivity index (χ2n) is 3.91. The molecule has 0 aliphatic heterocycles. The minimum atomic E-state index is -0.854. The number of carboxylic acid groups (broad SMARTS) is 1. The van der Waals surface area contributed by atoms with Gasteiger partial charge in [0, 0.05) is 17.3 Å². The van der Waals surface area contributed by atoms with Crippen molar-refractivity contribution in [1.82, 2.24) is 9.97 Å². The van der Waals surface area contributed by atoms with E-state index in [9.17, 15) is 4.79 Å². The maximum Gasteiger partial charge on any atom is 0.309 e. The number of hydrogen-bond acceptors (Lipinski definition) is 6. The molecule has 2 aromatic heterocycles. The van der Waals surface area contributed by atoms with Gasteiger partial charge in [0.15, 0.2) is 5.13 Å². The van der Waals surface area contributed by atoms with E-state index in [0.717, 1.165) is 17.4 Å². The van der Waals surface area contributed by atoms with E-state index in [1.807, 2.05) is 24.4 Å². The third kappa shape index (κ3) is 3.05. The molecule has 96 valence electrons. The Hall–Kier alpha value is -1.47. The lowest BCUT2D eigenvalue weighted by molar-refractivity contribution is -0.136. The summed E-state index contributed by atoms with van der Waals surface area (Å²) in [4.78, 5) is 22.3. The number of thiazole rings is 2. The van der Waals surface area contributed by atoms with Crippen LogP contribution in [0.2, 0.25) is 0 Å². The molecule has 0 aromatic carbocycles. The molecule has 0 saturated carbocycles. The van der Waals surface area contributed by atoms with Crippen molar-refractivity contribution < 1.29 is 9.90 Å².